The summed E-state index contributed by atoms with van der Waals surface area (Å²) in [5.41, 5.74) is 0.909. The number of benzene rings is 1. The molecule has 0 bridgehead atoms. The number of carbonyl (C=O) groups is 1. The van der Waals surface area contributed by atoms with Gasteiger partial charge in [0.1, 0.15) is 10.9 Å². The van der Waals surface area contributed by atoms with E-state index < -0.39 is 0 Å². The Bertz CT molecular complexity index is 777. The summed E-state index contributed by atoms with van der Waals surface area (Å²) in [5, 5.41) is 4.42. The Morgan fingerprint density at radius 2 is 2.15 bits per heavy atom. The van der Waals surface area contributed by atoms with Crippen LogP contribution in [0.2, 0.25) is 0 Å². The van der Waals surface area contributed by atoms with Crippen LogP contribution in [0.3, 0.4) is 0 Å². The van der Waals surface area contributed by atoms with Crippen molar-refractivity contribution in [1.82, 2.24) is 20.2 Å². The standard InChI is InChI=1S/C19H24N4O2S/c1-3-8-20-18(24)14(2)26-19-15-6-4-5-7-16(15)21-17(22-19)13-23-9-11-25-12-10-23/h3-7,14H,1,8-13H2,2H3,(H,20,24). The molecular formula is C19H24N4O2S. The third-order valence-electron chi connectivity index (χ3n) is 4.16. The number of hydrogen-bond acceptors (Lipinski definition) is 6. The average Bonchev–Trinajstić information content (AvgIpc) is 2.67. The summed E-state index contributed by atoms with van der Waals surface area (Å²) in [6, 6.07) is 7.94. The smallest absolute Gasteiger partial charge is 0.233 e. The highest BCUT2D eigenvalue weighted by atomic mass is 32.2. The average molecular weight is 372 g/mol. The molecule has 1 aromatic heterocycles. The maximum absolute atomic E-state index is 12.2. The second kappa shape index (κ2) is 9.12. The second-order valence-corrected chi connectivity index (χ2v) is 7.47. The van der Waals surface area contributed by atoms with E-state index in [9.17, 15) is 4.79 Å². The van der Waals surface area contributed by atoms with Crippen molar-refractivity contribution in [2.45, 2.75) is 23.7 Å². The van der Waals surface area contributed by atoms with Gasteiger partial charge in [-0.3, -0.25) is 9.69 Å². The Kier molecular flexibility index (Phi) is 6.60. The summed E-state index contributed by atoms with van der Waals surface area (Å²) in [6.07, 6.45) is 1.68. The number of ether oxygens (including phenoxy) is 1. The zero-order valence-electron chi connectivity index (χ0n) is 15.0. The maximum atomic E-state index is 12.2. The summed E-state index contributed by atoms with van der Waals surface area (Å²) in [7, 11) is 0. The van der Waals surface area contributed by atoms with Crippen molar-refractivity contribution >= 4 is 28.6 Å². The fourth-order valence-corrected chi connectivity index (χ4v) is 3.73. The van der Waals surface area contributed by atoms with Gasteiger partial charge in [0.2, 0.25) is 5.91 Å². The van der Waals surface area contributed by atoms with E-state index in [2.05, 4.69) is 16.8 Å². The van der Waals surface area contributed by atoms with Gasteiger partial charge in [0.25, 0.3) is 0 Å². The van der Waals surface area contributed by atoms with Crippen LogP contribution < -0.4 is 5.32 Å². The molecule has 1 aliphatic heterocycles. The van der Waals surface area contributed by atoms with Crippen LogP contribution in [0.5, 0.6) is 0 Å². The molecule has 1 aliphatic rings. The van der Waals surface area contributed by atoms with E-state index in [4.69, 9.17) is 14.7 Å². The van der Waals surface area contributed by atoms with Gasteiger partial charge in [0.15, 0.2) is 0 Å². The number of nitrogens with zero attached hydrogens (tertiary/aromatic N) is 3. The van der Waals surface area contributed by atoms with Crippen LogP contribution >= 0.6 is 11.8 Å². The van der Waals surface area contributed by atoms with Crippen molar-refractivity contribution in [3.05, 3.63) is 42.7 Å². The molecule has 0 aliphatic carbocycles. The molecule has 7 heteroatoms. The predicted molar refractivity (Wildman–Crippen MR) is 104 cm³/mol. The van der Waals surface area contributed by atoms with Gasteiger partial charge in [-0.05, 0) is 13.0 Å². The SMILES string of the molecule is C=CCNC(=O)C(C)Sc1nc(CN2CCOCC2)nc2ccccc12. The largest absolute Gasteiger partial charge is 0.379 e. The molecule has 138 valence electrons. The zero-order chi connectivity index (χ0) is 18.4. The quantitative estimate of drug-likeness (QED) is 0.457. The van der Waals surface area contributed by atoms with Crippen molar-refractivity contribution in [2.75, 3.05) is 32.8 Å². The summed E-state index contributed by atoms with van der Waals surface area (Å²) in [5.74, 6) is 0.763. The molecule has 1 saturated heterocycles. The molecular weight excluding hydrogens is 348 g/mol. The van der Waals surface area contributed by atoms with Crippen LogP contribution in [-0.4, -0.2) is 58.9 Å². The van der Waals surface area contributed by atoms with E-state index in [1.807, 2.05) is 31.2 Å². The zero-order valence-corrected chi connectivity index (χ0v) is 15.8. The molecule has 3 rings (SSSR count). The Hall–Kier alpha value is -1.96. The Morgan fingerprint density at radius 1 is 1.38 bits per heavy atom. The lowest BCUT2D eigenvalue weighted by Crippen LogP contribution is -2.36. The first kappa shape index (κ1) is 18.8. The molecule has 1 unspecified atom stereocenters. The molecule has 2 aromatic rings. The monoisotopic (exact) mass is 372 g/mol. The van der Waals surface area contributed by atoms with Gasteiger partial charge in [0, 0.05) is 25.0 Å². The molecule has 1 N–H and O–H groups in total. The number of fused-ring (bicyclic) bond motifs is 1. The Labute approximate surface area is 158 Å². The van der Waals surface area contributed by atoms with Crippen LogP contribution in [0.15, 0.2) is 41.9 Å². The van der Waals surface area contributed by atoms with E-state index in [1.165, 1.54) is 11.8 Å². The second-order valence-electron chi connectivity index (χ2n) is 6.14. The number of para-hydroxylation sites is 1. The van der Waals surface area contributed by atoms with E-state index >= 15 is 0 Å². The van der Waals surface area contributed by atoms with Crippen molar-refractivity contribution < 1.29 is 9.53 Å². The van der Waals surface area contributed by atoms with Gasteiger partial charge in [-0.1, -0.05) is 36.0 Å². The van der Waals surface area contributed by atoms with E-state index in [0.29, 0.717) is 13.1 Å². The molecule has 1 aromatic carbocycles. The van der Waals surface area contributed by atoms with Crippen molar-refractivity contribution in [1.29, 1.82) is 0 Å². The van der Waals surface area contributed by atoms with Gasteiger partial charge in [-0.2, -0.15) is 0 Å². The number of morpholine rings is 1. The highest BCUT2D eigenvalue weighted by Gasteiger charge is 2.19. The third kappa shape index (κ3) is 4.81. The van der Waals surface area contributed by atoms with Crippen LogP contribution in [0.25, 0.3) is 10.9 Å². The molecule has 1 atom stereocenters. The number of nitrogens with one attached hydrogen (secondary N) is 1. The summed E-state index contributed by atoms with van der Waals surface area (Å²) in [6.45, 7) is 9.95. The minimum atomic E-state index is -0.246. The third-order valence-corrected chi connectivity index (χ3v) is 5.26. The van der Waals surface area contributed by atoms with Crippen molar-refractivity contribution in [2.24, 2.45) is 0 Å². The lowest BCUT2D eigenvalue weighted by atomic mass is 10.2. The Balaban J connectivity index is 1.82. The number of thioether (sulfide) groups is 1. The minimum Gasteiger partial charge on any atom is -0.379 e. The van der Waals surface area contributed by atoms with Crippen LogP contribution in [0.1, 0.15) is 12.7 Å². The number of aromatic nitrogens is 2. The van der Waals surface area contributed by atoms with Gasteiger partial charge in [0.05, 0.1) is 30.5 Å². The topological polar surface area (TPSA) is 67.4 Å². The highest BCUT2D eigenvalue weighted by molar-refractivity contribution is 8.00. The van der Waals surface area contributed by atoms with Gasteiger partial charge < -0.3 is 10.1 Å². The fourth-order valence-electron chi connectivity index (χ4n) is 2.75. The molecule has 26 heavy (non-hydrogen) atoms. The molecule has 1 fully saturated rings. The van der Waals surface area contributed by atoms with Gasteiger partial charge in [-0.15, -0.1) is 6.58 Å². The van der Waals surface area contributed by atoms with Crippen molar-refractivity contribution in [3.8, 4) is 0 Å². The molecule has 0 spiro atoms. The Morgan fingerprint density at radius 3 is 2.92 bits per heavy atom. The predicted octanol–water partition coefficient (Wildman–Crippen LogP) is 2.24. The number of hydrogen-bond donors (Lipinski definition) is 1. The molecule has 6 nitrogen and oxygen atoms in total. The first-order chi connectivity index (χ1) is 12.7. The molecule has 0 saturated carbocycles. The minimum absolute atomic E-state index is 0.0210. The lowest BCUT2D eigenvalue weighted by molar-refractivity contribution is -0.120. The first-order valence-electron chi connectivity index (χ1n) is 8.78. The number of carbonyl (C=O) groups excluding carboxylic acids is 1. The van der Waals surface area contributed by atoms with Crippen LogP contribution in [-0.2, 0) is 16.1 Å². The normalized spacial score (nSPS) is 16.3. The lowest BCUT2D eigenvalue weighted by Gasteiger charge is -2.26. The van der Waals surface area contributed by atoms with E-state index in [0.717, 1.165) is 48.1 Å². The highest BCUT2D eigenvalue weighted by Crippen LogP contribution is 2.29. The molecule has 2 heterocycles. The molecule has 1 amide bonds. The first-order valence-corrected chi connectivity index (χ1v) is 9.66. The van der Waals surface area contributed by atoms with Crippen molar-refractivity contribution in [3.63, 3.8) is 0 Å². The van der Waals surface area contributed by atoms with E-state index in [-0.39, 0.29) is 11.2 Å². The fraction of sp³-hybridized carbons (Fsp3) is 0.421. The number of amides is 1. The summed E-state index contributed by atoms with van der Waals surface area (Å²) >= 11 is 1.47. The maximum Gasteiger partial charge on any atom is 0.233 e. The van der Waals surface area contributed by atoms with Crippen LogP contribution in [0, 0.1) is 0 Å². The van der Waals surface area contributed by atoms with Gasteiger partial charge in [-0.25, -0.2) is 9.97 Å². The summed E-state index contributed by atoms with van der Waals surface area (Å²) in [4.78, 5) is 24.0. The number of rotatable bonds is 7. The van der Waals surface area contributed by atoms with Crippen LogP contribution in [0.4, 0.5) is 0 Å². The summed E-state index contributed by atoms with van der Waals surface area (Å²) < 4.78 is 5.40. The van der Waals surface area contributed by atoms with Gasteiger partial charge >= 0.3 is 0 Å². The van der Waals surface area contributed by atoms with E-state index in [1.54, 1.807) is 6.08 Å². The molecule has 0 radical (unpaired) electrons.